The molecular formula is C25H34O2. The summed E-state index contributed by atoms with van der Waals surface area (Å²) in [6.07, 6.45) is 16.9. The minimum absolute atomic E-state index is 0.279. The molecule has 2 aliphatic carbocycles. The van der Waals surface area contributed by atoms with E-state index in [4.69, 9.17) is 0 Å². The van der Waals surface area contributed by atoms with Crippen molar-refractivity contribution in [1.29, 1.82) is 0 Å². The van der Waals surface area contributed by atoms with Crippen molar-refractivity contribution in [2.45, 2.75) is 90.4 Å². The van der Waals surface area contributed by atoms with Gasteiger partial charge in [-0.05, 0) is 36.8 Å². The fraction of sp³-hybridized carbons (Fsp3) is 0.600. The highest BCUT2D eigenvalue weighted by Crippen LogP contribution is 2.32. The second-order valence-electron chi connectivity index (χ2n) is 8.47. The Morgan fingerprint density at radius 3 is 2.15 bits per heavy atom. The number of ketones is 2. The number of hydrogen-bond acceptors (Lipinski definition) is 2. The van der Waals surface area contributed by atoms with E-state index >= 15 is 0 Å². The van der Waals surface area contributed by atoms with E-state index in [-0.39, 0.29) is 11.6 Å². The number of unbranched alkanes of at least 4 members (excludes halogenated alkanes) is 5. The van der Waals surface area contributed by atoms with E-state index in [1.807, 2.05) is 25.1 Å². The van der Waals surface area contributed by atoms with Crippen LogP contribution in [0.2, 0.25) is 0 Å². The highest BCUT2D eigenvalue weighted by atomic mass is 16.2. The minimum Gasteiger partial charge on any atom is -0.285 e. The van der Waals surface area contributed by atoms with Crippen LogP contribution in [0.1, 0.15) is 106 Å². The average Bonchev–Trinajstić information content (AvgIpc) is 2.71. The zero-order valence-electron chi connectivity index (χ0n) is 16.9. The molecule has 2 aliphatic rings. The van der Waals surface area contributed by atoms with Crippen molar-refractivity contribution in [2.75, 3.05) is 0 Å². The molecule has 0 radical (unpaired) electrons. The molecule has 0 aromatic heterocycles. The Hall–Kier alpha value is -1.70. The second-order valence-corrected chi connectivity index (χ2v) is 8.47. The second kappa shape index (κ2) is 10.0. The van der Waals surface area contributed by atoms with E-state index in [1.54, 1.807) is 6.07 Å². The van der Waals surface area contributed by atoms with Crippen LogP contribution in [0.3, 0.4) is 0 Å². The molecule has 0 amide bonds. The van der Waals surface area contributed by atoms with Crippen LogP contribution >= 0.6 is 0 Å². The summed E-state index contributed by atoms with van der Waals surface area (Å²) >= 11 is 0. The number of carbonyl (C=O) groups is 2. The van der Waals surface area contributed by atoms with Crippen LogP contribution in [0.15, 0.2) is 29.8 Å². The van der Waals surface area contributed by atoms with Crippen LogP contribution in [0.5, 0.6) is 0 Å². The van der Waals surface area contributed by atoms with Crippen molar-refractivity contribution in [2.24, 2.45) is 5.92 Å². The van der Waals surface area contributed by atoms with Crippen LogP contribution < -0.4 is 0 Å². The van der Waals surface area contributed by atoms with Gasteiger partial charge in [0.15, 0.2) is 0 Å². The molecule has 0 saturated heterocycles. The van der Waals surface area contributed by atoms with Gasteiger partial charge in [0.2, 0.25) is 11.6 Å². The summed E-state index contributed by atoms with van der Waals surface area (Å²) in [4.78, 5) is 24.8. The Kier molecular flexibility index (Phi) is 7.43. The topological polar surface area (TPSA) is 34.1 Å². The predicted molar refractivity (Wildman–Crippen MR) is 112 cm³/mol. The molecular weight excluding hydrogens is 332 g/mol. The molecule has 2 heteroatoms. The smallest absolute Gasteiger partial charge is 0.233 e. The van der Waals surface area contributed by atoms with Gasteiger partial charge in [0.1, 0.15) is 0 Å². The maximum absolute atomic E-state index is 12.4. The van der Waals surface area contributed by atoms with E-state index in [0.717, 1.165) is 41.9 Å². The van der Waals surface area contributed by atoms with Crippen LogP contribution in [-0.2, 0) is 4.79 Å². The summed E-state index contributed by atoms with van der Waals surface area (Å²) in [5.41, 5.74) is 3.26. The summed E-state index contributed by atoms with van der Waals surface area (Å²) in [7, 11) is 0. The van der Waals surface area contributed by atoms with Gasteiger partial charge in [0, 0.05) is 11.1 Å². The molecule has 0 unspecified atom stereocenters. The van der Waals surface area contributed by atoms with E-state index in [1.165, 1.54) is 64.2 Å². The van der Waals surface area contributed by atoms with Gasteiger partial charge in [-0.25, -0.2) is 0 Å². The first-order valence-electron chi connectivity index (χ1n) is 11.1. The Balaban J connectivity index is 1.36. The van der Waals surface area contributed by atoms with Crippen molar-refractivity contribution >= 4 is 17.1 Å². The van der Waals surface area contributed by atoms with Gasteiger partial charge < -0.3 is 0 Å². The quantitative estimate of drug-likeness (QED) is 0.351. The lowest BCUT2D eigenvalue weighted by Gasteiger charge is -2.21. The number of carbonyl (C=O) groups excluding carboxylic acids is 2. The maximum atomic E-state index is 12.4. The summed E-state index contributed by atoms with van der Waals surface area (Å²) < 4.78 is 0. The van der Waals surface area contributed by atoms with Crippen LogP contribution in [0.25, 0.3) is 5.57 Å². The van der Waals surface area contributed by atoms with E-state index < -0.39 is 0 Å². The number of rotatable bonds is 9. The number of fused-ring (bicyclic) bond motifs is 1. The van der Waals surface area contributed by atoms with Crippen molar-refractivity contribution in [3.05, 3.63) is 41.0 Å². The standard InChI is InChI=1S/C25H34O2/c1-19-21-16-11-12-18-23(21)25(27)24(26)22(19)17-10-5-3-2-4-7-13-20-14-8-6-9-15-20/h11-12,16,18,20H,2-10,13-15,17H2,1H3. The molecule has 1 fully saturated rings. The summed E-state index contributed by atoms with van der Waals surface area (Å²) in [5.74, 6) is 0.402. The highest BCUT2D eigenvalue weighted by Gasteiger charge is 2.29. The molecule has 146 valence electrons. The molecule has 27 heavy (non-hydrogen) atoms. The average molecular weight is 367 g/mol. The number of benzene rings is 1. The van der Waals surface area contributed by atoms with Crippen LogP contribution in [0, 0.1) is 5.92 Å². The first-order valence-corrected chi connectivity index (χ1v) is 11.1. The monoisotopic (exact) mass is 366 g/mol. The first-order chi connectivity index (χ1) is 13.2. The largest absolute Gasteiger partial charge is 0.285 e. The minimum atomic E-state index is -0.325. The number of Topliss-reactive ketones (excluding diaryl/α,β-unsaturated/α-hetero) is 2. The fourth-order valence-corrected chi connectivity index (χ4v) is 4.82. The maximum Gasteiger partial charge on any atom is 0.233 e. The normalized spacial score (nSPS) is 18.1. The lowest BCUT2D eigenvalue weighted by molar-refractivity contribution is -0.112. The van der Waals surface area contributed by atoms with Crippen molar-refractivity contribution < 1.29 is 9.59 Å². The molecule has 0 N–H and O–H groups in total. The lowest BCUT2D eigenvalue weighted by atomic mass is 9.82. The van der Waals surface area contributed by atoms with Gasteiger partial charge in [0.05, 0.1) is 0 Å². The molecule has 0 heterocycles. The number of hydrogen-bond donors (Lipinski definition) is 0. The predicted octanol–water partition coefficient (Wildman–Crippen LogP) is 6.93. The SMILES string of the molecule is CC1=C(CCCCCCCCC2CCCCC2)C(=O)C(=O)c2ccccc21. The molecule has 1 aromatic rings. The summed E-state index contributed by atoms with van der Waals surface area (Å²) in [6.45, 7) is 1.99. The van der Waals surface area contributed by atoms with E-state index in [9.17, 15) is 9.59 Å². The third kappa shape index (κ3) is 5.18. The molecule has 3 rings (SSSR count). The van der Waals surface area contributed by atoms with Gasteiger partial charge in [-0.1, -0.05) is 94.9 Å². The van der Waals surface area contributed by atoms with Gasteiger partial charge >= 0.3 is 0 Å². The summed E-state index contributed by atoms with van der Waals surface area (Å²) in [5, 5.41) is 0. The summed E-state index contributed by atoms with van der Waals surface area (Å²) in [6, 6.07) is 7.50. The Morgan fingerprint density at radius 2 is 1.41 bits per heavy atom. The molecule has 1 saturated carbocycles. The molecule has 0 aliphatic heterocycles. The van der Waals surface area contributed by atoms with Gasteiger partial charge in [-0.15, -0.1) is 0 Å². The lowest BCUT2D eigenvalue weighted by Crippen LogP contribution is -2.23. The van der Waals surface area contributed by atoms with Gasteiger partial charge in [-0.3, -0.25) is 9.59 Å². The molecule has 0 atom stereocenters. The third-order valence-corrected chi connectivity index (χ3v) is 6.52. The van der Waals surface area contributed by atoms with Gasteiger partial charge in [-0.2, -0.15) is 0 Å². The molecule has 1 aromatic carbocycles. The zero-order valence-corrected chi connectivity index (χ0v) is 16.9. The Labute approximate surface area is 164 Å². The van der Waals surface area contributed by atoms with Crippen molar-refractivity contribution in [3.8, 4) is 0 Å². The molecule has 2 nitrogen and oxygen atoms in total. The highest BCUT2D eigenvalue weighted by molar-refractivity contribution is 6.52. The number of allylic oxidation sites excluding steroid dienone is 2. The third-order valence-electron chi connectivity index (χ3n) is 6.52. The van der Waals surface area contributed by atoms with Crippen molar-refractivity contribution in [1.82, 2.24) is 0 Å². The van der Waals surface area contributed by atoms with E-state index in [2.05, 4.69) is 0 Å². The Bertz CT molecular complexity index is 692. The molecule has 0 spiro atoms. The van der Waals surface area contributed by atoms with Crippen LogP contribution in [0.4, 0.5) is 0 Å². The van der Waals surface area contributed by atoms with Gasteiger partial charge in [0.25, 0.3) is 0 Å². The Morgan fingerprint density at radius 1 is 0.778 bits per heavy atom. The fourth-order valence-electron chi connectivity index (χ4n) is 4.82. The van der Waals surface area contributed by atoms with Crippen LogP contribution in [-0.4, -0.2) is 11.6 Å². The van der Waals surface area contributed by atoms with E-state index in [0.29, 0.717) is 5.56 Å². The zero-order chi connectivity index (χ0) is 19.1. The van der Waals surface area contributed by atoms with Crippen molar-refractivity contribution in [3.63, 3.8) is 0 Å². The first kappa shape index (κ1) is 20.0. The molecule has 0 bridgehead atoms.